The molecule has 2 aromatic carbocycles. The van der Waals surface area contributed by atoms with E-state index < -0.39 is 34.5 Å². The summed E-state index contributed by atoms with van der Waals surface area (Å²) in [5.74, 6) is -0.151. The van der Waals surface area contributed by atoms with Crippen molar-refractivity contribution in [1.82, 2.24) is 4.72 Å². The Hall–Kier alpha value is -3.60. The molecule has 0 fully saturated rings. The van der Waals surface area contributed by atoms with E-state index in [1.165, 1.54) is 13.0 Å². The van der Waals surface area contributed by atoms with Crippen LogP contribution in [0.2, 0.25) is 0 Å². The Morgan fingerprint density at radius 2 is 1.90 bits per heavy atom. The van der Waals surface area contributed by atoms with Gasteiger partial charge >= 0.3 is 5.97 Å². The Morgan fingerprint density at radius 1 is 1.16 bits per heavy atom. The highest BCUT2D eigenvalue weighted by molar-refractivity contribution is 7.90. The molecule has 2 N–H and O–H groups in total. The fourth-order valence-corrected chi connectivity index (χ4v) is 4.30. The van der Waals surface area contributed by atoms with Crippen LogP contribution in [0, 0.1) is 0 Å². The van der Waals surface area contributed by atoms with Crippen LogP contribution in [-0.4, -0.2) is 52.0 Å². The molecule has 162 valence electrons. The average molecular weight is 445 g/mol. The predicted octanol–water partition coefficient (Wildman–Crippen LogP) is 1.07. The summed E-state index contributed by atoms with van der Waals surface area (Å²) >= 11 is 0. The van der Waals surface area contributed by atoms with E-state index in [-0.39, 0.29) is 10.7 Å². The maximum atomic E-state index is 12.3. The molecular weight excluding hydrogens is 426 g/mol. The number of nitrogens with zero attached hydrogens (tertiary/aromatic N) is 1. The van der Waals surface area contributed by atoms with Gasteiger partial charge in [-0.2, -0.15) is 0 Å². The van der Waals surface area contributed by atoms with Gasteiger partial charge in [-0.15, -0.1) is 0 Å². The van der Waals surface area contributed by atoms with Crippen LogP contribution >= 0.6 is 0 Å². The molecule has 31 heavy (non-hydrogen) atoms. The highest BCUT2D eigenvalue weighted by Crippen LogP contribution is 2.32. The van der Waals surface area contributed by atoms with Crippen LogP contribution in [0.4, 0.5) is 5.69 Å². The van der Waals surface area contributed by atoms with E-state index in [0.29, 0.717) is 36.0 Å². The number of carbonyl (C=O) groups excluding carboxylic acids is 2. The minimum absolute atomic E-state index is 0.0564. The molecule has 2 heterocycles. The second-order valence-corrected chi connectivity index (χ2v) is 8.40. The fraction of sp³-hybridized carbons (Fsp3) is 0.250. The second kappa shape index (κ2) is 8.26. The van der Waals surface area contributed by atoms with E-state index >= 15 is 0 Å². The molecule has 0 aliphatic carbocycles. The van der Waals surface area contributed by atoms with Gasteiger partial charge in [-0.3, -0.25) is 19.3 Å². The maximum Gasteiger partial charge on any atom is 0.328 e. The molecule has 0 saturated carbocycles. The molecular formula is C20H19N3O7S. The standard InChI is InChI=1S/C20H19N3O7S/c1-12(20(25)22-13-6-7-15-16(10-13)29-9-8-28-15)30-18(24)11-21-19-14-4-2-3-5-17(14)31(26,27)23-19/h2-7,10,12H,8-9,11H2,1H3,(H,21,23)(H,22,25)/t12-/m1/s1. The zero-order valence-electron chi connectivity index (χ0n) is 16.5. The molecule has 2 aliphatic heterocycles. The summed E-state index contributed by atoms with van der Waals surface area (Å²) in [6.45, 7) is 1.85. The highest BCUT2D eigenvalue weighted by Gasteiger charge is 2.30. The lowest BCUT2D eigenvalue weighted by molar-refractivity contribution is -0.151. The Labute approximate surface area is 178 Å². The Balaban J connectivity index is 1.35. The van der Waals surface area contributed by atoms with E-state index in [1.807, 2.05) is 0 Å². The van der Waals surface area contributed by atoms with Crippen LogP contribution < -0.4 is 19.5 Å². The van der Waals surface area contributed by atoms with Gasteiger partial charge in [0.1, 0.15) is 25.6 Å². The Kier molecular flexibility index (Phi) is 5.51. The highest BCUT2D eigenvalue weighted by atomic mass is 32.2. The van der Waals surface area contributed by atoms with Crippen LogP contribution in [0.3, 0.4) is 0 Å². The number of anilines is 1. The van der Waals surface area contributed by atoms with E-state index in [0.717, 1.165) is 0 Å². The van der Waals surface area contributed by atoms with Gasteiger partial charge in [-0.25, -0.2) is 8.42 Å². The predicted molar refractivity (Wildman–Crippen MR) is 110 cm³/mol. The SMILES string of the molecule is C[C@@H](OC(=O)CN=C1NS(=O)(=O)c2ccccc21)C(=O)Nc1ccc2c(c1)OCCO2. The topological polar surface area (TPSA) is 132 Å². The van der Waals surface area contributed by atoms with Crippen molar-refractivity contribution in [3.63, 3.8) is 0 Å². The molecule has 2 aliphatic rings. The molecule has 0 bridgehead atoms. The molecule has 0 unspecified atom stereocenters. The zero-order chi connectivity index (χ0) is 22.0. The minimum Gasteiger partial charge on any atom is -0.486 e. The number of ether oxygens (including phenoxy) is 3. The third-order valence-electron chi connectivity index (χ3n) is 4.52. The van der Waals surface area contributed by atoms with Crippen molar-refractivity contribution in [2.24, 2.45) is 4.99 Å². The summed E-state index contributed by atoms with van der Waals surface area (Å²) in [5, 5.41) is 2.64. The number of benzene rings is 2. The second-order valence-electron chi connectivity index (χ2n) is 6.75. The van der Waals surface area contributed by atoms with Gasteiger partial charge in [-0.1, -0.05) is 12.1 Å². The molecule has 10 nitrogen and oxygen atoms in total. The first-order valence-electron chi connectivity index (χ1n) is 9.40. The summed E-state index contributed by atoms with van der Waals surface area (Å²) in [4.78, 5) is 28.5. The van der Waals surface area contributed by atoms with Crippen molar-refractivity contribution in [2.75, 3.05) is 25.1 Å². The number of carbonyl (C=O) groups is 2. The fourth-order valence-electron chi connectivity index (χ4n) is 3.05. The molecule has 0 saturated heterocycles. The lowest BCUT2D eigenvalue weighted by Gasteiger charge is -2.19. The molecule has 4 rings (SSSR count). The number of hydrogen-bond acceptors (Lipinski definition) is 8. The maximum absolute atomic E-state index is 12.3. The average Bonchev–Trinajstić information content (AvgIpc) is 3.02. The van der Waals surface area contributed by atoms with Gasteiger partial charge < -0.3 is 19.5 Å². The Morgan fingerprint density at radius 3 is 2.71 bits per heavy atom. The van der Waals surface area contributed by atoms with Crippen LogP contribution in [0.15, 0.2) is 52.4 Å². The van der Waals surface area contributed by atoms with Crippen LogP contribution in [0.5, 0.6) is 11.5 Å². The van der Waals surface area contributed by atoms with Crippen LogP contribution in [-0.2, 0) is 24.3 Å². The number of sulfonamides is 1. The first-order chi connectivity index (χ1) is 14.8. The van der Waals surface area contributed by atoms with Crippen molar-refractivity contribution in [3.05, 3.63) is 48.0 Å². The van der Waals surface area contributed by atoms with Gasteiger partial charge in [0.25, 0.3) is 15.9 Å². The lowest BCUT2D eigenvalue weighted by atomic mass is 10.2. The number of aliphatic imine (C=N–C) groups is 1. The van der Waals surface area contributed by atoms with Crippen LogP contribution in [0.1, 0.15) is 12.5 Å². The number of rotatable bonds is 5. The number of esters is 1. The Bertz CT molecular complexity index is 1180. The van der Waals surface area contributed by atoms with E-state index in [9.17, 15) is 18.0 Å². The smallest absolute Gasteiger partial charge is 0.328 e. The quantitative estimate of drug-likeness (QED) is 0.658. The van der Waals surface area contributed by atoms with E-state index in [4.69, 9.17) is 14.2 Å². The summed E-state index contributed by atoms with van der Waals surface area (Å²) in [7, 11) is -3.70. The van der Waals surface area contributed by atoms with Gasteiger partial charge in [0.05, 0.1) is 4.90 Å². The minimum atomic E-state index is -3.70. The number of fused-ring (bicyclic) bond motifs is 2. The van der Waals surface area contributed by atoms with Gasteiger partial charge in [0, 0.05) is 17.3 Å². The van der Waals surface area contributed by atoms with Gasteiger partial charge in [0.2, 0.25) is 0 Å². The van der Waals surface area contributed by atoms with Crippen molar-refractivity contribution >= 4 is 33.4 Å². The summed E-state index contributed by atoms with van der Waals surface area (Å²) in [5.41, 5.74) is 0.842. The number of nitrogens with one attached hydrogen (secondary N) is 2. The zero-order valence-corrected chi connectivity index (χ0v) is 17.3. The first kappa shape index (κ1) is 20.7. The van der Waals surface area contributed by atoms with E-state index in [1.54, 1.807) is 36.4 Å². The third-order valence-corrected chi connectivity index (χ3v) is 5.91. The third kappa shape index (κ3) is 4.45. The van der Waals surface area contributed by atoms with Crippen molar-refractivity contribution < 1.29 is 32.2 Å². The number of amidine groups is 1. The lowest BCUT2D eigenvalue weighted by Crippen LogP contribution is -2.31. The molecule has 1 atom stereocenters. The molecule has 0 radical (unpaired) electrons. The van der Waals surface area contributed by atoms with Gasteiger partial charge in [0.15, 0.2) is 17.6 Å². The summed E-state index contributed by atoms with van der Waals surface area (Å²) < 4.78 is 42.4. The van der Waals surface area contributed by atoms with E-state index in [2.05, 4.69) is 15.0 Å². The molecule has 1 amide bonds. The normalized spacial score (nSPS) is 17.9. The molecule has 0 aromatic heterocycles. The molecule has 11 heteroatoms. The molecule has 0 spiro atoms. The van der Waals surface area contributed by atoms with Crippen molar-refractivity contribution in [3.8, 4) is 11.5 Å². The number of amides is 1. The van der Waals surface area contributed by atoms with Gasteiger partial charge in [-0.05, 0) is 31.2 Å². The summed E-state index contributed by atoms with van der Waals surface area (Å²) in [6, 6.07) is 11.2. The number of hydrogen-bond donors (Lipinski definition) is 2. The van der Waals surface area contributed by atoms with Crippen molar-refractivity contribution in [1.29, 1.82) is 0 Å². The first-order valence-corrected chi connectivity index (χ1v) is 10.9. The largest absolute Gasteiger partial charge is 0.486 e. The van der Waals surface area contributed by atoms with Crippen molar-refractivity contribution in [2.45, 2.75) is 17.9 Å². The van der Waals surface area contributed by atoms with Crippen LogP contribution in [0.25, 0.3) is 0 Å². The summed E-state index contributed by atoms with van der Waals surface area (Å²) in [6.07, 6.45) is -1.09. The molecule has 2 aromatic rings. The monoisotopic (exact) mass is 445 g/mol.